The second-order valence-corrected chi connectivity index (χ2v) is 6.91. The molecule has 0 radical (unpaired) electrons. The highest BCUT2D eigenvalue weighted by Crippen LogP contribution is 2.63. The summed E-state index contributed by atoms with van der Waals surface area (Å²) >= 11 is 3.00. The molecule has 3 nitrogen and oxygen atoms in total. The van der Waals surface area contributed by atoms with Gasteiger partial charge >= 0.3 is 5.97 Å². The maximum Gasteiger partial charge on any atom is 0.336 e. The molecule has 0 aromatic heterocycles. The monoisotopic (exact) mass is 329 g/mol. The Kier molecular flexibility index (Phi) is 3.16. The zero-order valence-electron chi connectivity index (χ0n) is 11.3. The number of carboxylic acids is 1. The van der Waals surface area contributed by atoms with Gasteiger partial charge in [-0.1, -0.05) is 27.7 Å². The molecule has 0 heterocycles. The molecule has 0 unspecified atom stereocenters. The zero-order chi connectivity index (χ0) is 14.6. The molecule has 0 aliphatic heterocycles. The number of nitrogens with one attached hydrogen (secondary N) is 1. The summed E-state index contributed by atoms with van der Waals surface area (Å²) in [7, 11) is 0. The Labute approximate surface area is 120 Å². The van der Waals surface area contributed by atoms with Crippen LogP contribution in [0, 0.1) is 16.6 Å². The molecule has 0 bridgehead atoms. The molecule has 0 saturated heterocycles. The zero-order valence-corrected chi connectivity index (χ0v) is 12.9. The summed E-state index contributed by atoms with van der Waals surface area (Å²) in [5, 5.41) is 12.1. The summed E-state index contributed by atoms with van der Waals surface area (Å²) in [6.45, 7) is 8.51. The van der Waals surface area contributed by atoms with E-state index in [9.17, 15) is 9.18 Å². The Bertz CT molecular complexity index is 541. The van der Waals surface area contributed by atoms with Crippen molar-refractivity contribution in [1.29, 1.82) is 0 Å². The number of hydrogen-bond acceptors (Lipinski definition) is 2. The number of hydrogen-bond donors (Lipinski definition) is 2. The van der Waals surface area contributed by atoms with E-state index in [2.05, 4.69) is 48.9 Å². The van der Waals surface area contributed by atoms with Gasteiger partial charge in [-0.15, -0.1) is 0 Å². The fourth-order valence-corrected chi connectivity index (χ4v) is 3.05. The molecule has 0 amide bonds. The maximum absolute atomic E-state index is 14.1. The lowest BCUT2D eigenvalue weighted by Crippen LogP contribution is -2.12. The predicted molar refractivity (Wildman–Crippen MR) is 76.0 cm³/mol. The molecule has 104 valence electrons. The minimum Gasteiger partial charge on any atom is -0.478 e. The van der Waals surface area contributed by atoms with E-state index in [1.54, 1.807) is 0 Å². The van der Waals surface area contributed by atoms with Gasteiger partial charge in [-0.25, -0.2) is 9.18 Å². The highest BCUT2D eigenvalue weighted by Gasteiger charge is 2.65. The number of anilines is 1. The molecule has 1 aromatic carbocycles. The van der Waals surface area contributed by atoms with Crippen molar-refractivity contribution in [1.82, 2.24) is 0 Å². The van der Waals surface area contributed by atoms with E-state index in [1.807, 2.05) is 0 Å². The Balaban J connectivity index is 2.30. The van der Waals surface area contributed by atoms with Gasteiger partial charge in [0.05, 0.1) is 15.7 Å². The van der Waals surface area contributed by atoms with Gasteiger partial charge in [0.15, 0.2) is 5.82 Å². The topological polar surface area (TPSA) is 49.3 Å². The van der Waals surface area contributed by atoms with Crippen LogP contribution in [-0.4, -0.2) is 17.1 Å². The van der Waals surface area contributed by atoms with E-state index in [1.165, 1.54) is 12.1 Å². The summed E-state index contributed by atoms with van der Waals surface area (Å²) in [5.41, 5.74) is 0.423. The smallest absolute Gasteiger partial charge is 0.336 e. The third-order valence-electron chi connectivity index (χ3n) is 4.63. The molecule has 19 heavy (non-hydrogen) atoms. The number of benzene rings is 1. The van der Waals surface area contributed by atoms with Crippen LogP contribution in [0.25, 0.3) is 0 Å². The minimum atomic E-state index is -1.15. The number of carboxylic acid groups (broad SMARTS) is 1. The first-order chi connectivity index (χ1) is 8.60. The summed E-state index contributed by atoms with van der Waals surface area (Å²) in [6, 6.07) is 3.05. The van der Waals surface area contributed by atoms with Crippen molar-refractivity contribution < 1.29 is 14.3 Å². The number of aromatic carboxylic acids is 1. The van der Waals surface area contributed by atoms with Crippen molar-refractivity contribution in [2.24, 2.45) is 10.8 Å². The average molecular weight is 330 g/mol. The third-order valence-corrected chi connectivity index (χ3v) is 5.41. The molecule has 2 rings (SSSR count). The van der Waals surface area contributed by atoms with Gasteiger partial charge in [-0.2, -0.15) is 0 Å². The van der Waals surface area contributed by atoms with Crippen LogP contribution in [0.1, 0.15) is 38.1 Å². The first-order valence-corrected chi connectivity index (χ1v) is 6.88. The SMILES string of the molecule is CC1(C)C(Nc2ccc(C(=O)O)c(Br)c2F)C1(C)C. The van der Waals surface area contributed by atoms with Crippen LogP contribution in [0.15, 0.2) is 16.6 Å². The highest BCUT2D eigenvalue weighted by atomic mass is 79.9. The Morgan fingerprint density at radius 1 is 1.32 bits per heavy atom. The number of rotatable bonds is 3. The van der Waals surface area contributed by atoms with Crippen molar-refractivity contribution in [3.05, 3.63) is 28.0 Å². The molecule has 1 saturated carbocycles. The molecular formula is C14H17BrFNO2. The Morgan fingerprint density at radius 2 is 1.84 bits per heavy atom. The molecule has 0 atom stereocenters. The first-order valence-electron chi connectivity index (χ1n) is 6.08. The quantitative estimate of drug-likeness (QED) is 0.876. The van der Waals surface area contributed by atoms with Gasteiger partial charge in [0, 0.05) is 6.04 Å². The van der Waals surface area contributed by atoms with Crippen molar-refractivity contribution in [2.45, 2.75) is 33.7 Å². The normalized spacial score (nSPS) is 20.1. The summed E-state index contributed by atoms with van der Waals surface area (Å²) in [6.07, 6.45) is 0. The Hall–Kier alpha value is -1.10. The number of carbonyl (C=O) groups is 1. The van der Waals surface area contributed by atoms with Gasteiger partial charge in [-0.05, 0) is 38.9 Å². The van der Waals surface area contributed by atoms with Gasteiger partial charge < -0.3 is 10.4 Å². The van der Waals surface area contributed by atoms with E-state index in [0.29, 0.717) is 5.69 Å². The fourth-order valence-electron chi connectivity index (χ4n) is 2.54. The second-order valence-electron chi connectivity index (χ2n) is 6.11. The molecule has 1 aliphatic rings. The minimum absolute atomic E-state index is 0.0127. The lowest BCUT2D eigenvalue weighted by molar-refractivity contribution is 0.0695. The lowest BCUT2D eigenvalue weighted by atomic mass is 10.0. The van der Waals surface area contributed by atoms with Crippen LogP contribution < -0.4 is 5.32 Å². The molecule has 1 fully saturated rings. The van der Waals surface area contributed by atoms with Crippen LogP contribution in [0.4, 0.5) is 10.1 Å². The summed E-state index contributed by atoms with van der Waals surface area (Å²) in [4.78, 5) is 10.9. The first kappa shape index (κ1) is 14.3. The third kappa shape index (κ3) is 2.04. The molecule has 1 aromatic rings. The van der Waals surface area contributed by atoms with Gasteiger partial charge in [-0.3, -0.25) is 0 Å². The lowest BCUT2D eigenvalue weighted by Gasteiger charge is -2.11. The standard InChI is InChI=1S/C14H17BrFNO2/c1-13(2)12(14(13,3)4)17-8-6-5-7(11(18)19)9(15)10(8)16/h5-6,12,17H,1-4H3,(H,18,19). The van der Waals surface area contributed by atoms with Crippen LogP contribution >= 0.6 is 15.9 Å². The average Bonchev–Trinajstić information content (AvgIpc) is 2.66. The van der Waals surface area contributed by atoms with Crippen molar-refractivity contribution in [3.8, 4) is 0 Å². The second kappa shape index (κ2) is 4.20. The molecule has 0 spiro atoms. The highest BCUT2D eigenvalue weighted by molar-refractivity contribution is 9.10. The van der Waals surface area contributed by atoms with Crippen LogP contribution in [0.3, 0.4) is 0 Å². The molecule has 5 heteroatoms. The van der Waals surface area contributed by atoms with Crippen molar-refractivity contribution in [2.75, 3.05) is 5.32 Å². The van der Waals surface area contributed by atoms with Gasteiger partial charge in [0.2, 0.25) is 0 Å². The van der Waals surface area contributed by atoms with E-state index in [4.69, 9.17) is 5.11 Å². The molecular weight excluding hydrogens is 313 g/mol. The largest absolute Gasteiger partial charge is 0.478 e. The van der Waals surface area contributed by atoms with Crippen LogP contribution in [-0.2, 0) is 0 Å². The van der Waals surface area contributed by atoms with E-state index >= 15 is 0 Å². The fraction of sp³-hybridized carbons (Fsp3) is 0.500. The van der Waals surface area contributed by atoms with E-state index in [-0.39, 0.29) is 26.9 Å². The summed E-state index contributed by atoms with van der Waals surface area (Å²) in [5.74, 6) is -1.71. The van der Waals surface area contributed by atoms with Crippen molar-refractivity contribution >= 4 is 27.6 Å². The predicted octanol–water partition coefficient (Wildman–Crippen LogP) is 4.13. The number of halogens is 2. The Morgan fingerprint density at radius 3 is 2.26 bits per heavy atom. The van der Waals surface area contributed by atoms with Gasteiger partial charge in [0.1, 0.15) is 0 Å². The van der Waals surface area contributed by atoms with Crippen molar-refractivity contribution in [3.63, 3.8) is 0 Å². The van der Waals surface area contributed by atoms with Gasteiger partial charge in [0.25, 0.3) is 0 Å². The van der Waals surface area contributed by atoms with Crippen LogP contribution in [0.2, 0.25) is 0 Å². The molecule has 2 N–H and O–H groups in total. The van der Waals surface area contributed by atoms with Crippen LogP contribution in [0.5, 0.6) is 0 Å². The summed E-state index contributed by atoms with van der Waals surface area (Å²) < 4.78 is 14.1. The maximum atomic E-state index is 14.1. The van der Waals surface area contributed by atoms with E-state index < -0.39 is 11.8 Å². The van der Waals surface area contributed by atoms with E-state index in [0.717, 1.165) is 0 Å². The molecule has 1 aliphatic carbocycles.